The minimum Gasteiger partial charge on any atom is -0.286 e. The highest BCUT2D eigenvalue weighted by atomic mass is 79.9. The van der Waals surface area contributed by atoms with E-state index in [-0.39, 0.29) is 0 Å². The number of rotatable bonds is 3. The molecule has 0 atom stereocenters. The summed E-state index contributed by atoms with van der Waals surface area (Å²) in [6.07, 6.45) is 0. The summed E-state index contributed by atoms with van der Waals surface area (Å²) in [5.74, 6) is 0. The number of alkyl halides is 1. The van der Waals surface area contributed by atoms with Crippen LogP contribution in [-0.4, -0.2) is 8.42 Å². The monoisotopic (exact) mass is 249 g/mol. The van der Waals surface area contributed by atoms with Gasteiger partial charge in [-0.15, -0.1) is 0 Å². The molecular weight excluding hydrogens is 242 g/mol. The molecule has 0 spiro atoms. The Balaban J connectivity index is 2.86. The van der Waals surface area contributed by atoms with Gasteiger partial charge in [0.15, 0.2) is 0 Å². The molecule has 1 N–H and O–H groups in total. The van der Waals surface area contributed by atoms with Gasteiger partial charge in [-0.2, -0.15) is 0 Å². The number of hydrogen-bond donors (Lipinski definition) is 2. The van der Waals surface area contributed by atoms with E-state index in [4.69, 9.17) is 0 Å². The van der Waals surface area contributed by atoms with Gasteiger partial charge in [-0.1, -0.05) is 28.1 Å². The lowest BCUT2D eigenvalue weighted by molar-refractivity contribution is 0.619. The third-order valence-corrected chi connectivity index (χ3v) is 2.39. The topological polar surface area (TPSA) is 46.2 Å². The molecular formula is C7H8BrNO2S. The fourth-order valence-corrected chi connectivity index (χ4v) is 1.53. The van der Waals surface area contributed by atoms with E-state index in [2.05, 4.69) is 20.7 Å². The number of nitrogens with one attached hydrogen (secondary N) is 1. The Morgan fingerprint density at radius 1 is 1.42 bits per heavy atom. The van der Waals surface area contributed by atoms with Crippen LogP contribution >= 0.6 is 15.9 Å². The first-order valence-electron chi connectivity index (χ1n) is 3.28. The highest BCUT2D eigenvalue weighted by molar-refractivity contribution is 9.08. The molecule has 0 amide bonds. The number of anilines is 1. The fourth-order valence-electron chi connectivity index (χ4n) is 0.829. The third-order valence-electron chi connectivity index (χ3n) is 1.30. The van der Waals surface area contributed by atoms with Crippen LogP contribution in [-0.2, 0) is 16.2 Å². The molecule has 5 heteroatoms. The Labute approximate surface area is 81.0 Å². The maximum Gasteiger partial charge on any atom is 0.222 e. The van der Waals surface area contributed by atoms with Gasteiger partial charge in [-0.25, -0.2) is 8.42 Å². The molecule has 0 bridgehead atoms. The van der Waals surface area contributed by atoms with E-state index < -0.39 is 10.9 Å². The predicted molar refractivity (Wildman–Crippen MR) is 53.0 cm³/mol. The molecule has 1 aromatic carbocycles. The van der Waals surface area contributed by atoms with Crippen LogP contribution in [0.2, 0.25) is 0 Å². The summed E-state index contributed by atoms with van der Waals surface area (Å²) < 4.78 is 22.9. The number of hydrogen-bond acceptors (Lipinski definition) is 2. The molecule has 0 aliphatic heterocycles. The van der Waals surface area contributed by atoms with Crippen LogP contribution in [0.25, 0.3) is 0 Å². The lowest BCUT2D eigenvalue weighted by Crippen LogP contribution is -1.94. The van der Waals surface area contributed by atoms with Crippen molar-refractivity contribution in [3.05, 3.63) is 29.8 Å². The zero-order valence-electron chi connectivity index (χ0n) is 6.16. The molecule has 0 fully saturated rings. The van der Waals surface area contributed by atoms with Crippen LogP contribution in [0, 0.1) is 0 Å². The minimum atomic E-state index is -2.56. The number of halogens is 1. The van der Waals surface area contributed by atoms with Gasteiger partial charge < -0.3 is 0 Å². The van der Waals surface area contributed by atoms with Crippen molar-refractivity contribution in [1.82, 2.24) is 0 Å². The van der Waals surface area contributed by atoms with Crippen molar-refractivity contribution in [3.63, 3.8) is 0 Å². The summed E-state index contributed by atoms with van der Waals surface area (Å²) >= 11 is 3.28. The van der Waals surface area contributed by atoms with E-state index in [1.54, 1.807) is 18.2 Å². The maximum atomic E-state index is 10.3. The van der Waals surface area contributed by atoms with Crippen molar-refractivity contribution >= 4 is 32.5 Å². The SMILES string of the molecule is O=[SH](=O)Nc1cccc(CBr)c1. The molecule has 3 nitrogen and oxygen atoms in total. The van der Waals surface area contributed by atoms with Crippen molar-refractivity contribution in [2.24, 2.45) is 0 Å². The van der Waals surface area contributed by atoms with Gasteiger partial charge in [0.2, 0.25) is 10.9 Å². The fraction of sp³-hybridized carbons (Fsp3) is 0.143. The van der Waals surface area contributed by atoms with Gasteiger partial charge in [-0.3, -0.25) is 4.72 Å². The standard InChI is InChI=1S/C7H8BrNO2S/c8-5-6-2-1-3-7(4-6)9-12(10)11/h1-4,12H,5H2,(H,9,10,11). The van der Waals surface area contributed by atoms with Gasteiger partial charge >= 0.3 is 0 Å². The summed E-state index contributed by atoms with van der Waals surface area (Å²) in [5, 5.41) is 0.720. The van der Waals surface area contributed by atoms with E-state index in [0.717, 1.165) is 10.9 Å². The largest absolute Gasteiger partial charge is 0.286 e. The highest BCUT2D eigenvalue weighted by Crippen LogP contribution is 2.12. The summed E-state index contributed by atoms with van der Waals surface area (Å²) in [7, 11) is -2.56. The molecule has 1 rings (SSSR count). The molecule has 0 heterocycles. The maximum absolute atomic E-state index is 10.3. The highest BCUT2D eigenvalue weighted by Gasteiger charge is 1.93. The number of thiol groups is 1. The third kappa shape index (κ3) is 2.83. The minimum absolute atomic E-state index is 0.600. The molecule has 0 saturated carbocycles. The zero-order valence-corrected chi connectivity index (χ0v) is 8.64. The molecule has 0 unspecified atom stereocenters. The zero-order chi connectivity index (χ0) is 8.97. The first kappa shape index (κ1) is 9.54. The lowest BCUT2D eigenvalue weighted by atomic mass is 10.2. The van der Waals surface area contributed by atoms with Crippen LogP contribution in [0.5, 0.6) is 0 Å². The molecule has 1 aromatic rings. The van der Waals surface area contributed by atoms with Gasteiger partial charge in [0.25, 0.3) is 0 Å². The summed E-state index contributed by atoms with van der Waals surface area (Å²) in [5.41, 5.74) is 1.64. The average molecular weight is 250 g/mol. The Morgan fingerprint density at radius 3 is 2.75 bits per heavy atom. The molecule has 0 aromatic heterocycles. The van der Waals surface area contributed by atoms with E-state index in [0.29, 0.717) is 5.69 Å². The van der Waals surface area contributed by atoms with E-state index in [1.165, 1.54) is 0 Å². The quantitative estimate of drug-likeness (QED) is 0.631. The van der Waals surface area contributed by atoms with E-state index in [9.17, 15) is 8.42 Å². The van der Waals surface area contributed by atoms with Crippen molar-refractivity contribution in [2.45, 2.75) is 5.33 Å². The van der Waals surface area contributed by atoms with Crippen LogP contribution in [0.4, 0.5) is 5.69 Å². The van der Waals surface area contributed by atoms with Gasteiger partial charge in [0, 0.05) is 11.0 Å². The first-order chi connectivity index (χ1) is 5.72. The second-order valence-corrected chi connectivity index (χ2v) is 3.50. The summed E-state index contributed by atoms with van der Waals surface area (Å²) in [6, 6.07) is 7.20. The predicted octanol–water partition coefficient (Wildman–Crippen LogP) is 1.52. The first-order valence-corrected chi connectivity index (χ1v) is 5.58. The molecule has 0 aliphatic rings. The van der Waals surface area contributed by atoms with Crippen LogP contribution in [0.15, 0.2) is 24.3 Å². The Morgan fingerprint density at radius 2 is 2.17 bits per heavy atom. The van der Waals surface area contributed by atoms with Crippen molar-refractivity contribution in [2.75, 3.05) is 4.72 Å². The molecule has 0 saturated heterocycles. The Kier molecular flexibility index (Phi) is 3.55. The Bertz CT molecular complexity index is 330. The van der Waals surface area contributed by atoms with Crippen molar-refractivity contribution in [1.29, 1.82) is 0 Å². The second kappa shape index (κ2) is 4.47. The van der Waals surface area contributed by atoms with Crippen molar-refractivity contribution in [3.8, 4) is 0 Å². The summed E-state index contributed by atoms with van der Waals surface area (Å²) in [4.78, 5) is 0. The van der Waals surface area contributed by atoms with Crippen LogP contribution in [0.3, 0.4) is 0 Å². The van der Waals surface area contributed by atoms with Gasteiger partial charge in [-0.05, 0) is 17.7 Å². The van der Waals surface area contributed by atoms with Gasteiger partial charge in [0.05, 0.1) is 0 Å². The molecule has 0 aliphatic carbocycles. The Hall–Kier alpha value is -0.550. The van der Waals surface area contributed by atoms with Crippen molar-refractivity contribution < 1.29 is 8.42 Å². The molecule has 0 radical (unpaired) electrons. The number of benzene rings is 1. The molecule has 12 heavy (non-hydrogen) atoms. The van der Waals surface area contributed by atoms with Crippen LogP contribution < -0.4 is 4.72 Å². The van der Waals surface area contributed by atoms with Gasteiger partial charge in [0.1, 0.15) is 0 Å². The smallest absolute Gasteiger partial charge is 0.222 e. The lowest BCUT2D eigenvalue weighted by Gasteiger charge is -1.99. The van der Waals surface area contributed by atoms with E-state index >= 15 is 0 Å². The summed E-state index contributed by atoms with van der Waals surface area (Å²) in [6.45, 7) is 0. The van der Waals surface area contributed by atoms with Crippen LogP contribution in [0.1, 0.15) is 5.56 Å². The normalized spacial score (nSPS) is 10.2. The second-order valence-electron chi connectivity index (χ2n) is 2.20. The average Bonchev–Trinajstić information content (AvgIpc) is 2.03. The molecule has 66 valence electrons. The van der Waals surface area contributed by atoms with E-state index in [1.807, 2.05) is 6.07 Å².